The van der Waals surface area contributed by atoms with Crippen molar-refractivity contribution in [2.75, 3.05) is 5.32 Å². The lowest BCUT2D eigenvalue weighted by Gasteiger charge is -2.23. The maximum Gasteiger partial charge on any atom is 0.226 e. The summed E-state index contributed by atoms with van der Waals surface area (Å²) >= 11 is 3.47. The molecule has 1 unspecified atom stereocenters. The van der Waals surface area contributed by atoms with E-state index in [0.29, 0.717) is 6.42 Å². The third-order valence-corrected chi connectivity index (χ3v) is 3.73. The Morgan fingerprint density at radius 2 is 2.33 bits per heavy atom. The van der Waals surface area contributed by atoms with Crippen molar-refractivity contribution in [3.63, 3.8) is 0 Å². The first kappa shape index (κ1) is 11.5. The molecule has 18 heavy (non-hydrogen) atoms. The fraction of sp³-hybridized carbons (Fsp3) is 0.231. The molecule has 5 heteroatoms. The minimum atomic E-state index is 0.0380. The van der Waals surface area contributed by atoms with E-state index < -0.39 is 0 Å². The highest BCUT2D eigenvalue weighted by molar-refractivity contribution is 9.10. The van der Waals surface area contributed by atoms with Crippen molar-refractivity contribution >= 4 is 27.7 Å². The van der Waals surface area contributed by atoms with Gasteiger partial charge in [0.2, 0.25) is 5.91 Å². The van der Waals surface area contributed by atoms with E-state index in [2.05, 4.69) is 32.4 Å². The molecule has 0 radical (unpaired) electrons. The molecule has 1 amide bonds. The molecule has 0 spiro atoms. The summed E-state index contributed by atoms with van der Waals surface area (Å²) in [4.78, 5) is 11.8. The van der Waals surface area contributed by atoms with Crippen LogP contribution in [0.25, 0.3) is 0 Å². The molecule has 1 aromatic carbocycles. The molecular formula is C13H12BrN3O. The van der Waals surface area contributed by atoms with Crippen LogP contribution in [0.3, 0.4) is 0 Å². The van der Waals surface area contributed by atoms with Gasteiger partial charge in [0.15, 0.2) is 0 Å². The van der Waals surface area contributed by atoms with Gasteiger partial charge in [0.25, 0.3) is 0 Å². The Morgan fingerprint density at radius 1 is 1.50 bits per heavy atom. The van der Waals surface area contributed by atoms with Crippen molar-refractivity contribution in [1.29, 1.82) is 0 Å². The molecule has 92 valence electrons. The van der Waals surface area contributed by atoms with Crippen molar-refractivity contribution in [1.82, 2.24) is 9.78 Å². The van der Waals surface area contributed by atoms with E-state index in [0.717, 1.165) is 21.4 Å². The minimum Gasteiger partial charge on any atom is -0.311 e. The number of rotatable bonds is 1. The molecule has 4 nitrogen and oxygen atoms in total. The van der Waals surface area contributed by atoms with Crippen LogP contribution in [0.2, 0.25) is 0 Å². The Morgan fingerprint density at radius 3 is 3.11 bits per heavy atom. The molecule has 1 aromatic heterocycles. The number of benzene rings is 1. The van der Waals surface area contributed by atoms with Crippen LogP contribution in [0.5, 0.6) is 0 Å². The first-order chi connectivity index (χ1) is 8.65. The van der Waals surface area contributed by atoms with Crippen LogP contribution < -0.4 is 5.32 Å². The van der Waals surface area contributed by atoms with E-state index in [1.807, 2.05) is 31.4 Å². The van der Waals surface area contributed by atoms with Gasteiger partial charge >= 0.3 is 0 Å². The number of hydrogen-bond acceptors (Lipinski definition) is 2. The second-order valence-corrected chi connectivity index (χ2v) is 5.35. The van der Waals surface area contributed by atoms with Crippen LogP contribution in [0, 0.1) is 0 Å². The lowest BCUT2D eigenvalue weighted by atomic mass is 9.87. The van der Waals surface area contributed by atoms with E-state index in [1.165, 1.54) is 0 Å². The average molecular weight is 306 g/mol. The molecule has 1 aliphatic rings. The number of anilines is 1. The molecule has 0 bridgehead atoms. The van der Waals surface area contributed by atoms with Gasteiger partial charge in [-0.3, -0.25) is 9.48 Å². The van der Waals surface area contributed by atoms with E-state index in [1.54, 1.807) is 4.68 Å². The topological polar surface area (TPSA) is 46.9 Å². The van der Waals surface area contributed by atoms with Gasteiger partial charge in [-0.1, -0.05) is 28.1 Å². The predicted octanol–water partition coefficient (Wildman–Crippen LogP) is 2.66. The van der Waals surface area contributed by atoms with Gasteiger partial charge in [0.1, 0.15) is 5.82 Å². The number of halogens is 1. The lowest BCUT2D eigenvalue weighted by molar-refractivity contribution is -0.116. The van der Waals surface area contributed by atoms with Crippen molar-refractivity contribution < 1.29 is 4.79 Å². The van der Waals surface area contributed by atoms with E-state index in [9.17, 15) is 4.79 Å². The smallest absolute Gasteiger partial charge is 0.226 e. The molecule has 0 aliphatic carbocycles. The molecule has 0 fully saturated rings. The van der Waals surface area contributed by atoms with E-state index in [-0.39, 0.29) is 11.8 Å². The number of aryl methyl sites for hydroxylation is 1. The standard InChI is InChI=1S/C13H12BrN3O/c1-17-13-11(7-15-17)10(6-12(18)16-13)8-3-2-4-9(14)5-8/h2-5,7,10H,6H2,1H3,(H,16,18). The maximum atomic E-state index is 11.8. The lowest BCUT2D eigenvalue weighted by Crippen LogP contribution is -2.24. The highest BCUT2D eigenvalue weighted by Gasteiger charge is 2.29. The summed E-state index contributed by atoms with van der Waals surface area (Å²) in [6.07, 6.45) is 2.30. The van der Waals surface area contributed by atoms with Crippen molar-refractivity contribution in [2.45, 2.75) is 12.3 Å². The van der Waals surface area contributed by atoms with Crippen LogP contribution >= 0.6 is 15.9 Å². The fourth-order valence-corrected chi connectivity index (χ4v) is 2.78. The first-order valence-corrected chi connectivity index (χ1v) is 6.51. The summed E-state index contributed by atoms with van der Waals surface area (Å²) in [6, 6.07) is 8.07. The summed E-state index contributed by atoms with van der Waals surface area (Å²) in [7, 11) is 1.84. The largest absolute Gasteiger partial charge is 0.311 e. The highest BCUT2D eigenvalue weighted by atomic mass is 79.9. The zero-order valence-electron chi connectivity index (χ0n) is 9.85. The van der Waals surface area contributed by atoms with Crippen LogP contribution in [-0.4, -0.2) is 15.7 Å². The maximum absolute atomic E-state index is 11.8. The number of hydrogen-bond donors (Lipinski definition) is 1. The zero-order chi connectivity index (χ0) is 12.7. The first-order valence-electron chi connectivity index (χ1n) is 5.72. The highest BCUT2D eigenvalue weighted by Crippen LogP contribution is 2.37. The Hall–Kier alpha value is -1.62. The average Bonchev–Trinajstić information content (AvgIpc) is 2.70. The number of fused-ring (bicyclic) bond motifs is 1. The second kappa shape index (κ2) is 4.24. The summed E-state index contributed by atoms with van der Waals surface area (Å²) in [5, 5.41) is 7.09. The van der Waals surface area contributed by atoms with E-state index >= 15 is 0 Å². The monoisotopic (exact) mass is 305 g/mol. The second-order valence-electron chi connectivity index (χ2n) is 4.43. The van der Waals surface area contributed by atoms with Gasteiger partial charge in [-0.2, -0.15) is 5.10 Å². The Kier molecular flexibility index (Phi) is 2.70. The molecule has 1 aliphatic heterocycles. The Labute approximate surface area is 113 Å². The number of carbonyl (C=O) groups is 1. The zero-order valence-corrected chi connectivity index (χ0v) is 11.4. The van der Waals surface area contributed by atoms with E-state index in [4.69, 9.17) is 0 Å². The summed E-state index contributed by atoms with van der Waals surface area (Å²) in [5.41, 5.74) is 2.21. The van der Waals surface area contributed by atoms with Crippen LogP contribution in [0.4, 0.5) is 5.82 Å². The third kappa shape index (κ3) is 1.84. The molecule has 0 saturated heterocycles. The number of aromatic nitrogens is 2. The minimum absolute atomic E-state index is 0.0380. The van der Waals surface area contributed by atoms with Crippen LogP contribution in [0.1, 0.15) is 23.5 Å². The molecule has 1 N–H and O–H groups in total. The number of amides is 1. The van der Waals surface area contributed by atoms with Crippen molar-refractivity contribution in [3.8, 4) is 0 Å². The van der Waals surface area contributed by atoms with Gasteiger partial charge < -0.3 is 5.32 Å². The molecule has 2 aromatic rings. The van der Waals surface area contributed by atoms with Gasteiger partial charge in [-0.15, -0.1) is 0 Å². The number of nitrogens with one attached hydrogen (secondary N) is 1. The fourth-order valence-electron chi connectivity index (χ4n) is 2.36. The van der Waals surface area contributed by atoms with Crippen molar-refractivity contribution in [3.05, 3.63) is 46.1 Å². The summed E-state index contributed by atoms with van der Waals surface area (Å²) < 4.78 is 2.73. The van der Waals surface area contributed by atoms with Gasteiger partial charge in [-0.25, -0.2) is 0 Å². The number of carbonyl (C=O) groups excluding carboxylic acids is 1. The Bertz CT molecular complexity index is 620. The molecule has 3 rings (SSSR count). The summed E-state index contributed by atoms with van der Waals surface area (Å²) in [6.45, 7) is 0. The quantitative estimate of drug-likeness (QED) is 0.880. The van der Waals surface area contributed by atoms with Crippen LogP contribution in [0.15, 0.2) is 34.9 Å². The molecule has 1 atom stereocenters. The van der Waals surface area contributed by atoms with Gasteiger partial charge in [0.05, 0.1) is 6.20 Å². The van der Waals surface area contributed by atoms with Crippen LogP contribution in [-0.2, 0) is 11.8 Å². The molecular weight excluding hydrogens is 294 g/mol. The summed E-state index contributed by atoms with van der Waals surface area (Å²) in [5.74, 6) is 0.923. The van der Waals surface area contributed by atoms with Crippen molar-refractivity contribution in [2.24, 2.45) is 7.05 Å². The number of nitrogens with zero attached hydrogens (tertiary/aromatic N) is 2. The predicted molar refractivity (Wildman–Crippen MR) is 72.4 cm³/mol. The normalized spacial score (nSPS) is 18.3. The third-order valence-electron chi connectivity index (χ3n) is 3.24. The van der Waals surface area contributed by atoms with Gasteiger partial charge in [-0.05, 0) is 17.7 Å². The SMILES string of the molecule is Cn1ncc2c1NC(=O)CC2c1cccc(Br)c1. The molecule has 0 saturated carbocycles. The molecule has 2 heterocycles. The Balaban J connectivity index is 2.10. The van der Waals surface area contributed by atoms with Gasteiger partial charge in [0, 0.05) is 29.4 Å².